The molecular formula is C24H15F6N3O3S. The lowest BCUT2D eigenvalue weighted by molar-refractivity contribution is -0.142. The van der Waals surface area contributed by atoms with Gasteiger partial charge in [-0.05, 0) is 37.3 Å². The number of aromatic nitrogens is 1. The molecule has 0 saturated heterocycles. The number of carbonyl (C=O) groups is 2. The van der Waals surface area contributed by atoms with Crippen LogP contribution in [0.2, 0.25) is 0 Å². The summed E-state index contributed by atoms with van der Waals surface area (Å²) in [5.41, 5.74) is -4.78. The number of hydrogen-bond acceptors (Lipinski definition) is 6. The number of hydrogen-bond donors (Lipinski definition) is 1. The van der Waals surface area contributed by atoms with Crippen molar-refractivity contribution < 1.29 is 40.7 Å². The van der Waals surface area contributed by atoms with Crippen molar-refractivity contribution in [1.29, 1.82) is 5.26 Å². The number of esters is 1. The number of para-hydroxylation sites is 1. The summed E-state index contributed by atoms with van der Waals surface area (Å²) in [5, 5.41) is 11.4. The van der Waals surface area contributed by atoms with Gasteiger partial charge >= 0.3 is 18.3 Å². The van der Waals surface area contributed by atoms with Crippen molar-refractivity contribution in [3.05, 3.63) is 82.5 Å². The maximum atomic E-state index is 13.7. The summed E-state index contributed by atoms with van der Waals surface area (Å²) in [6.07, 6.45) is -9.87. The highest BCUT2D eigenvalue weighted by Crippen LogP contribution is 2.39. The van der Waals surface area contributed by atoms with Crippen LogP contribution in [0.25, 0.3) is 0 Å². The van der Waals surface area contributed by atoms with Crippen molar-refractivity contribution in [1.82, 2.24) is 4.98 Å². The van der Waals surface area contributed by atoms with Gasteiger partial charge in [0.15, 0.2) is 5.69 Å². The van der Waals surface area contributed by atoms with E-state index in [9.17, 15) is 41.2 Å². The minimum Gasteiger partial charge on any atom is -0.462 e. The number of nitrogens with one attached hydrogen (secondary N) is 1. The van der Waals surface area contributed by atoms with E-state index >= 15 is 0 Å². The highest BCUT2D eigenvalue weighted by atomic mass is 32.2. The molecule has 0 radical (unpaired) electrons. The number of benzene rings is 2. The van der Waals surface area contributed by atoms with Gasteiger partial charge in [0.2, 0.25) is 0 Å². The first kappa shape index (κ1) is 27.5. The third kappa shape index (κ3) is 6.39. The molecule has 0 unspecified atom stereocenters. The Morgan fingerprint density at radius 1 is 1.00 bits per heavy atom. The van der Waals surface area contributed by atoms with Crippen molar-refractivity contribution >= 4 is 29.3 Å². The Balaban J connectivity index is 2.02. The average molecular weight is 539 g/mol. The Morgan fingerprint density at radius 3 is 2.27 bits per heavy atom. The van der Waals surface area contributed by atoms with Crippen LogP contribution in [0.5, 0.6) is 0 Å². The molecule has 37 heavy (non-hydrogen) atoms. The van der Waals surface area contributed by atoms with Gasteiger partial charge in [0.1, 0.15) is 11.1 Å². The van der Waals surface area contributed by atoms with Gasteiger partial charge < -0.3 is 10.1 Å². The fraction of sp³-hybridized carbons (Fsp3) is 0.167. The highest BCUT2D eigenvalue weighted by molar-refractivity contribution is 7.99. The molecular weight excluding hydrogens is 524 g/mol. The van der Waals surface area contributed by atoms with Crippen LogP contribution in [-0.4, -0.2) is 23.5 Å². The minimum atomic E-state index is -5.07. The van der Waals surface area contributed by atoms with Crippen molar-refractivity contribution in [3.8, 4) is 6.07 Å². The normalized spacial score (nSPS) is 11.5. The molecule has 0 bridgehead atoms. The van der Waals surface area contributed by atoms with Gasteiger partial charge in [-0.25, -0.2) is 9.78 Å². The number of carbonyl (C=O) groups excluding carboxylic acids is 2. The molecule has 3 rings (SSSR count). The lowest BCUT2D eigenvalue weighted by Gasteiger charge is -2.16. The number of rotatable bonds is 6. The second kappa shape index (κ2) is 10.9. The van der Waals surface area contributed by atoms with E-state index in [1.807, 2.05) is 0 Å². The number of nitrogens with zero attached hydrogens (tertiary/aromatic N) is 2. The predicted molar refractivity (Wildman–Crippen MR) is 120 cm³/mol. The molecule has 0 atom stereocenters. The fourth-order valence-electron chi connectivity index (χ4n) is 3.12. The van der Waals surface area contributed by atoms with Crippen molar-refractivity contribution in [3.63, 3.8) is 0 Å². The zero-order valence-electron chi connectivity index (χ0n) is 18.7. The first-order chi connectivity index (χ1) is 17.4. The molecule has 0 aliphatic carbocycles. The van der Waals surface area contributed by atoms with Gasteiger partial charge in [0.05, 0.1) is 34.5 Å². The minimum absolute atomic E-state index is 0.0387. The number of ether oxygens (including phenoxy) is 1. The van der Waals surface area contributed by atoms with Crippen LogP contribution in [0.15, 0.2) is 64.5 Å². The molecule has 0 aliphatic rings. The van der Waals surface area contributed by atoms with Crippen LogP contribution in [0.4, 0.5) is 32.0 Å². The molecule has 13 heteroatoms. The van der Waals surface area contributed by atoms with Crippen LogP contribution in [-0.2, 0) is 17.1 Å². The van der Waals surface area contributed by atoms with E-state index in [1.54, 1.807) is 6.07 Å². The molecule has 2 aromatic carbocycles. The highest BCUT2D eigenvalue weighted by Gasteiger charge is 2.39. The van der Waals surface area contributed by atoms with E-state index < -0.39 is 51.6 Å². The quantitative estimate of drug-likeness (QED) is 0.281. The monoisotopic (exact) mass is 539 g/mol. The van der Waals surface area contributed by atoms with Crippen LogP contribution in [0.1, 0.15) is 44.5 Å². The summed E-state index contributed by atoms with van der Waals surface area (Å²) in [6, 6.07) is 12.1. The largest absolute Gasteiger partial charge is 0.462 e. The molecule has 0 fully saturated rings. The number of nitriles is 1. The summed E-state index contributed by atoms with van der Waals surface area (Å²) in [5.74, 6) is -2.42. The summed E-state index contributed by atoms with van der Waals surface area (Å²) < 4.78 is 85.6. The van der Waals surface area contributed by atoms with Crippen molar-refractivity contribution in [2.45, 2.75) is 29.2 Å². The molecule has 0 saturated carbocycles. The fourth-order valence-corrected chi connectivity index (χ4v) is 4.05. The van der Waals surface area contributed by atoms with E-state index in [1.165, 1.54) is 37.3 Å². The van der Waals surface area contributed by atoms with E-state index in [4.69, 9.17) is 0 Å². The number of anilines is 1. The topological polar surface area (TPSA) is 92.1 Å². The summed E-state index contributed by atoms with van der Waals surface area (Å²) >= 11 is 0.554. The molecule has 1 amide bonds. The zero-order valence-corrected chi connectivity index (χ0v) is 19.5. The Bertz CT molecular complexity index is 1380. The van der Waals surface area contributed by atoms with Crippen molar-refractivity contribution in [2.75, 3.05) is 11.9 Å². The van der Waals surface area contributed by atoms with Crippen LogP contribution >= 0.6 is 11.8 Å². The van der Waals surface area contributed by atoms with Crippen LogP contribution in [0.3, 0.4) is 0 Å². The zero-order chi connectivity index (χ0) is 27.4. The summed E-state index contributed by atoms with van der Waals surface area (Å²) in [7, 11) is 0. The first-order valence-electron chi connectivity index (χ1n) is 10.3. The number of amides is 1. The van der Waals surface area contributed by atoms with Gasteiger partial charge in [0, 0.05) is 4.90 Å². The summed E-state index contributed by atoms with van der Waals surface area (Å²) in [4.78, 5) is 28.3. The molecule has 3 aromatic rings. The predicted octanol–water partition coefficient (Wildman–Crippen LogP) is 6.57. The van der Waals surface area contributed by atoms with Gasteiger partial charge in [-0.3, -0.25) is 4.79 Å². The van der Waals surface area contributed by atoms with E-state index in [2.05, 4.69) is 15.0 Å². The van der Waals surface area contributed by atoms with Gasteiger partial charge in [-0.1, -0.05) is 36.0 Å². The lowest BCUT2D eigenvalue weighted by atomic mass is 10.1. The molecule has 1 N–H and O–H groups in total. The van der Waals surface area contributed by atoms with Gasteiger partial charge in [-0.2, -0.15) is 31.6 Å². The molecule has 1 aromatic heterocycles. The Kier molecular flexibility index (Phi) is 8.12. The molecule has 0 spiro atoms. The average Bonchev–Trinajstić information content (AvgIpc) is 2.84. The molecule has 6 nitrogen and oxygen atoms in total. The number of pyridine rings is 1. The third-order valence-electron chi connectivity index (χ3n) is 4.69. The van der Waals surface area contributed by atoms with E-state index in [0.717, 1.165) is 18.2 Å². The van der Waals surface area contributed by atoms with Crippen molar-refractivity contribution in [2.24, 2.45) is 0 Å². The number of halogens is 6. The molecule has 0 aliphatic heterocycles. The third-order valence-corrected chi connectivity index (χ3v) is 5.77. The second-order valence-corrected chi connectivity index (χ2v) is 8.19. The first-order valence-corrected chi connectivity index (χ1v) is 11.1. The van der Waals surface area contributed by atoms with Crippen LogP contribution < -0.4 is 5.32 Å². The lowest BCUT2D eigenvalue weighted by Crippen LogP contribution is -2.19. The second-order valence-electron chi connectivity index (χ2n) is 7.16. The summed E-state index contributed by atoms with van der Waals surface area (Å²) in [6.45, 7) is 1.19. The maximum absolute atomic E-state index is 13.7. The SMILES string of the molecule is CCOC(=O)c1cc(C#N)c(Sc2ccccc2NC(=O)c2ccccc2C(F)(F)F)nc1C(F)(F)F. The van der Waals surface area contributed by atoms with E-state index in [0.29, 0.717) is 17.8 Å². The number of alkyl halides is 6. The van der Waals surface area contributed by atoms with Gasteiger partial charge in [0.25, 0.3) is 5.91 Å². The van der Waals surface area contributed by atoms with E-state index in [-0.39, 0.29) is 22.8 Å². The van der Waals surface area contributed by atoms with Gasteiger partial charge in [-0.15, -0.1) is 0 Å². The smallest absolute Gasteiger partial charge is 0.434 e. The standard InChI is InChI=1S/C24H15F6N3O3S/c1-2-36-22(35)15-11-13(12-31)21(33-19(15)24(28,29)30)37-18-10-6-5-9-17(18)32-20(34)14-7-3-4-8-16(14)23(25,26)27/h3-11H,2H2,1H3,(H,32,34). The maximum Gasteiger partial charge on any atom is 0.434 e. The Hall–Kier alpha value is -4.05. The Labute approximate surface area is 210 Å². The molecule has 1 heterocycles. The Morgan fingerprint density at radius 2 is 1.65 bits per heavy atom. The molecule has 192 valence electrons. The van der Waals surface area contributed by atoms with Crippen LogP contribution in [0, 0.1) is 11.3 Å².